The van der Waals surface area contributed by atoms with Crippen LogP contribution in [0.4, 0.5) is 0 Å². The first-order valence-electron chi connectivity index (χ1n) is 12.0. The smallest absolute Gasteiger partial charge is 0.258 e. The van der Waals surface area contributed by atoms with E-state index in [0.29, 0.717) is 25.6 Å². The molecule has 0 radical (unpaired) electrons. The summed E-state index contributed by atoms with van der Waals surface area (Å²) in [7, 11) is 0. The van der Waals surface area contributed by atoms with Crippen LogP contribution in [0.15, 0.2) is 85.5 Å². The Balaban J connectivity index is 0.00000253. The maximum atomic E-state index is 5.83. The molecule has 0 saturated carbocycles. The van der Waals surface area contributed by atoms with Gasteiger partial charge in [-0.1, -0.05) is 6.42 Å². The zero-order valence-corrected chi connectivity index (χ0v) is 20.8. The van der Waals surface area contributed by atoms with E-state index < -0.39 is 0 Å². The molecule has 0 aliphatic carbocycles. The summed E-state index contributed by atoms with van der Waals surface area (Å²) in [6.07, 6.45) is 15.6. The van der Waals surface area contributed by atoms with Crippen LogP contribution in [-0.4, -0.2) is 19.8 Å². The predicted molar refractivity (Wildman–Crippen MR) is 142 cm³/mol. The quantitative estimate of drug-likeness (QED) is 0.217. The largest absolute Gasteiger partial charge is 0.494 e. The Morgan fingerprint density at radius 2 is 1.08 bits per heavy atom. The summed E-state index contributed by atoms with van der Waals surface area (Å²) < 4.78 is 26.5. The van der Waals surface area contributed by atoms with Gasteiger partial charge in [0.1, 0.15) is 17.6 Å². The van der Waals surface area contributed by atoms with Crippen LogP contribution in [-0.2, 0) is 0 Å². The second kappa shape index (κ2) is 11.8. The van der Waals surface area contributed by atoms with Crippen molar-refractivity contribution in [3.05, 3.63) is 85.5 Å². The third-order valence-electron chi connectivity index (χ3n) is 5.50. The molecule has 0 amide bonds. The number of rotatable bonds is 10. The van der Waals surface area contributed by atoms with Gasteiger partial charge < -0.3 is 18.9 Å². The Bertz CT molecular complexity index is 1350. The minimum Gasteiger partial charge on any atom is -0.494 e. The van der Waals surface area contributed by atoms with Crippen molar-refractivity contribution >= 4 is 0 Å². The van der Waals surface area contributed by atoms with Crippen LogP contribution in [0.1, 0.15) is 23.6 Å². The van der Waals surface area contributed by atoms with E-state index in [2.05, 4.69) is 18.2 Å². The first kappa shape index (κ1) is 24.6. The van der Waals surface area contributed by atoms with E-state index in [1.165, 1.54) is 0 Å². The maximum absolute atomic E-state index is 5.83. The van der Waals surface area contributed by atoms with Gasteiger partial charge in [0.25, 0.3) is 11.4 Å². The molecule has 0 unspecified atom stereocenters. The zero-order valence-electron chi connectivity index (χ0n) is 20.8. The number of hydrogen-bond donors (Lipinski definition) is 0. The molecule has 0 aliphatic rings. The van der Waals surface area contributed by atoms with E-state index in [4.69, 9.17) is 25.4 Å². The van der Waals surface area contributed by atoms with Gasteiger partial charge in [-0.05, 0) is 56.2 Å². The fraction of sp³-hybridized carbons (Fsp3) is 0.200. The predicted octanol–water partition coefficient (Wildman–Crippen LogP) is 5.56. The summed E-state index contributed by atoms with van der Waals surface area (Å²) in [5.41, 5.74) is 3.89. The molecule has 0 bridgehead atoms. The molecule has 36 heavy (non-hydrogen) atoms. The molecule has 0 saturated heterocycles. The molecule has 0 N–H and O–H groups in total. The summed E-state index contributed by atoms with van der Waals surface area (Å²) in [5, 5.41) is 0. The van der Waals surface area contributed by atoms with Crippen molar-refractivity contribution in [2.45, 2.75) is 20.8 Å². The first-order valence-corrected chi connectivity index (χ1v) is 12.0. The molecule has 0 fully saturated rings. The lowest BCUT2D eigenvalue weighted by Crippen LogP contribution is -2.30. The molecular weight excluding hydrogens is 452 g/mol. The standard InChI is InChI=1S/C30H30N2O4.2H2/c1-5-33-25-9-11-29(35-7-3)27(21-25)31-17-13-23(14-18-31)24-15-19-32(20-16-24)28-22-26(34-6-2)10-12-30(28)36-8-4;;/h3,9-22H,5-6,8H2,1-2,4H3;2*1H/q+2;;. The Kier molecular flexibility index (Phi) is 8.05. The fourth-order valence-corrected chi connectivity index (χ4v) is 3.90. The number of nitrogens with zero attached hydrogens (tertiary/aromatic N) is 2. The SMILES string of the molecule is C#COc1ccc(OCC)cc1-[n+]1ccc(-c2cc[n+](-c3cc(OCC)ccc3OCC)cc2)cc1.[HH].[HH]. The number of pyridine rings is 2. The number of aromatic nitrogens is 2. The number of hydrogen-bond acceptors (Lipinski definition) is 4. The van der Waals surface area contributed by atoms with Gasteiger partial charge in [-0.25, -0.2) is 0 Å². The van der Waals surface area contributed by atoms with Crippen LogP contribution >= 0.6 is 0 Å². The van der Waals surface area contributed by atoms with Crippen molar-refractivity contribution in [2.24, 2.45) is 0 Å². The normalized spacial score (nSPS) is 10.4. The lowest BCUT2D eigenvalue weighted by Gasteiger charge is -2.09. The van der Waals surface area contributed by atoms with Gasteiger partial charge in [0.15, 0.2) is 30.5 Å². The first-order chi connectivity index (χ1) is 17.7. The van der Waals surface area contributed by atoms with Crippen molar-refractivity contribution in [1.82, 2.24) is 0 Å². The van der Waals surface area contributed by atoms with E-state index in [1.54, 1.807) is 0 Å². The minimum absolute atomic E-state index is 0. The van der Waals surface area contributed by atoms with E-state index >= 15 is 0 Å². The molecule has 186 valence electrons. The van der Waals surface area contributed by atoms with Crippen molar-refractivity contribution in [1.29, 1.82) is 0 Å². The van der Waals surface area contributed by atoms with E-state index in [1.807, 2.05) is 103 Å². The molecule has 2 aromatic carbocycles. The maximum Gasteiger partial charge on any atom is 0.258 e. The van der Waals surface area contributed by atoms with Crippen LogP contribution in [0.3, 0.4) is 0 Å². The number of benzene rings is 2. The Labute approximate surface area is 215 Å². The van der Waals surface area contributed by atoms with Crippen LogP contribution < -0.4 is 28.1 Å². The van der Waals surface area contributed by atoms with Crippen LogP contribution in [0.5, 0.6) is 23.0 Å². The van der Waals surface area contributed by atoms with E-state index in [-0.39, 0.29) is 2.85 Å². The van der Waals surface area contributed by atoms with Crippen molar-refractivity contribution < 1.29 is 30.9 Å². The highest BCUT2D eigenvalue weighted by Crippen LogP contribution is 2.27. The Morgan fingerprint density at radius 1 is 0.639 bits per heavy atom. The number of ether oxygens (including phenoxy) is 4. The average Bonchev–Trinajstić information content (AvgIpc) is 2.91. The number of terminal acetylenes is 1. The molecule has 0 atom stereocenters. The van der Waals surface area contributed by atoms with Crippen LogP contribution in [0, 0.1) is 12.5 Å². The van der Waals surface area contributed by atoms with Gasteiger partial charge in [-0.15, -0.1) is 0 Å². The van der Waals surface area contributed by atoms with Crippen LogP contribution in [0.25, 0.3) is 22.5 Å². The molecule has 6 nitrogen and oxygen atoms in total. The summed E-state index contributed by atoms with van der Waals surface area (Å²) >= 11 is 0. The van der Waals surface area contributed by atoms with Crippen LogP contribution in [0.2, 0.25) is 0 Å². The van der Waals surface area contributed by atoms with Gasteiger partial charge >= 0.3 is 0 Å². The lowest BCUT2D eigenvalue weighted by atomic mass is 10.1. The molecule has 2 aromatic heterocycles. The molecule has 6 heteroatoms. The molecular formula is C30H34N2O4+2. The van der Waals surface area contributed by atoms with Gasteiger partial charge in [-0.3, -0.25) is 0 Å². The fourth-order valence-electron chi connectivity index (χ4n) is 3.90. The highest BCUT2D eigenvalue weighted by atomic mass is 16.5. The van der Waals surface area contributed by atoms with Gasteiger partial charge in [0.05, 0.1) is 32.0 Å². The second-order valence-electron chi connectivity index (χ2n) is 7.77. The summed E-state index contributed by atoms with van der Waals surface area (Å²) in [4.78, 5) is 0. The van der Waals surface area contributed by atoms with Crippen molar-refractivity contribution in [2.75, 3.05) is 19.8 Å². The monoisotopic (exact) mass is 486 g/mol. The van der Waals surface area contributed by atoms with E-state index in [0.717, 1.165) is 39.8 Å². The van der Waals surface area contributed by atoms with Gasteiger partial charge in [0, 0.05) is 27.1 Å². The highest BCUT2D eigenvalue weighted by Gasteiger charge is 2.18. The van der Waals surface area contributed by atoms with E-state index in [9.17, 15) is 0 Å². The third kappa shape index (κ3) is 5.59. The van der Waals surface area contributed by atoms with Crippen molar-refractivity contribution in [3.63, 3.8) is 0 Å². The van der Waals surface area contributed by atoms with Gasteiger partial charge in [-0.2, -0.15) is 9.13 Å². The zero-order chi connectivity index (χ0) is 25.3. The Hall–Kier alpha value is -4.50. The average molecular weight is 487 g/mol. The highest BCUT2D eigenvalue weighted by molar-refractivity contribution is 5.61. The summed E-state index contributed by atoms with van der Waals surface area (Å²) in [5.74, 6) is 2.94. The summed E-state index contributed by atoms with van der Waals surface area (Å²) in [6, 6.07) is 19.7. The Morgan fingerprint density at radius 3 is 1.53 bits per heavy atom. The summed E-state index contributed by atoms with van der Waals surface area (Å²) in [6.45, 7) is 7.67. The molecule has 4 aromatic rings. The molecule has 0 aliphatic heterocycles. The molecule has 4 rings (SSSR count). The molecule has 0 spiro atoms. The van der Waals surface area contributed by atoms with Gasteiger partial charge in [0.2, 0.25) is 5.75 Å². The topological polar surface area (TPSA) is 44.7 Å². The van der Waals surface area contributed by atoms with Crippen molar-refractivity contribution in [3.8, 4) is 58.0 Å². The second-order valence-corrected chi connectivity index (χ2v) is 7.77. The lowest BCUT2D eigenvalue weighted by molar-refractivity contribution is -0.596. The molecule has 2 heterocycles. The third-order valence-corrected chi connectivity index (χ3v) is 5.50. The minimum atomic E-state index is 0.